The highest BCUT2D eigenvalue weighted by molar-refractivity contribution is 5.16. The van der Waals surface area contributed by atoms with Crippen molar-refractivity contribution in [2.75, 3.05) is 13.2 Å². The molecule has 2 heteroatoms. The van der Waals surface area contributed by atoms with Crippen molar-refractivity contribution in [2.24, 2.45) is 0 Å². The summed E-state index contributed by atoms with van der Waals surface area (Å²) in [6, 6.07) is 21.4. The molecule has 2 nitrogen and oxygen atoms in total. The molecule has 110 valence electrons. The van der Waals surface area contributed by atoms with E-state index in [1.54, 1.807) is 0 Å². The molecule has 3 rings (SSSR count). The fraction of sp³-hybridized carbons (Fsp3) is 0.368. The SMILES string of the molecule is c1ccc(CCC2OCCCN2Cc2ccccc2)cc1. The first-order valence-electron chi connectivity index (χ1n) is 7.85. The molecule has 0 aromatic heterocycles. The summed E-state index contributed by atoms with van der Waals surface area (Å²) in [5.41, 5.74) is 2.76. The van der Waals surface area contributed by atoms with Crippen LogP contribution >= 0.6 is 0 Å². The monoisotopic (exact) mass is 281 g/mol. The molecule has 21 heavy (non-hydrogen) atoms. The fourth-order valence-electron chi connectivity index (χ4n) is 2.94. The maximum Gasteiger partial charge on any atom is 0.111 e. The summed E-state index contributed by atoms with van der Waals surface area (Å²) in [7, 11) is 0. The predicted molar refractivity (Wildman–Crippen MR) is 86.0 cm³/mol. The van der Waals surface area contributed by atoms with Crippen LogP contribution in [-0.4, -0.2) is 24.3 Å². The molecule has 1 fully saturated rings. The minimum atomic E-state index is 0.249. The van der Waals surface area contributed by atoms with E-state index in [1.165, 1.54) is 11.1 Å². The molecule has 1 atom stereocenters. The molecule has 2 aromatic rings. The van der Waals surface area contributed by atoms with Crippen molar-refractivity contribution in [2.45, 2.75) is 32.0 Å². The number of benzene rings is 2. The average Bonchev–Trinajstić information content (AvgIpc) is 2.56. The van der Waals surface area contributed by atoms with Crippen molar-refractivity contribution in [1.29, 1.82) is 0 Å². The second kappa shape index (κ2) is 7.39. The van der Waals surface area contributed by atoms with E-state index in [4.69, 9.17) is 4.74 Å². The van der Waals surface area contributed by atoms with Crippen LogP contribution in [-0.2, 0) is 17.7 Å². The van der Waals surface area contributed by atoms with Crippen molar-refractivity contribution in [1.82, 2.24) is 4.90 Å². The van der Waals surface area contributed by atoms with Crippen LogP contribution in [0.4, 0.5) is 0 Å². The van der Waals surface area contributed by atoms with Gasteiger partial charge in [-0.2, -0.15) is 0 Å². The van der Waals surface area contributed by atoms with Crippen molar-refractivity contribution in [3.8, 4) is 0 Å². The summed E-state index contributed by atoms with van der Waals surface area (Å²) in [6.45, 7) is 3.01. The van der Waals surface area contributed by atoms with Gasteiger partial charge < -0.3 is 4.74 Å². The normalized spacial score (nSPS) is 19.5. The standard InChI is InChI=1S/C19H23NO/c1-3-8-17(9-4-1)12-13-19-20(14-7-15-21-19)16-18-10-5-2-6-11-18/h1-6,8-11,19H,7,12-16H2. The van der Waals surface area contributed by atoms with Gasteiger partial charge in [0.15, 0.2) is 0 Å². The van der Waals surface area contributed by atoms with E-state index in [1.807, 2.05) is 0 Å². The molecule has 1 aliphatic rings. The first-order valence-corrected chi connectivity index (χ1v) is 7.85. The van der Waals surface area contributed by atoms with Crippen LogP contribution in [0, 0.1) is 0 Å². The van der Waals surface area contributed by atoms with Gasteiger partial charge in [-0.3, -0.25) is 4.90 Å². The Balaban J connectivity index is 1.59. The van der Waals surface area contributed by atoms with Gasteiger partial charge in [0, 0.05) is 19.7 Å². The van der Waals surface area contributed by atoms with Crippen molar-refractivity contribution in [3.63, 3.8) is 0 Å². The molecule has 0 radical (unpaired) electrons. The molecule has 1 unspecified atom stereocenters. The smallest absolute Gasteiger partial charge is 0.111 e. The highest BCUT2D eigenvalue weighted by Crippen LogP contribution is 2.19. The van der Waals surface area contributed by atoms with E-state index in [0.717, 1.165) is 39.0 Å². The van der Waals surface area contributed by atoms with Crippen LogP contribution in [0.25, 0.3) is 0 Å². The highest BCUT2D eigenvalue weighted by atomic mass is 16.5. The minimum absolute atomic E-state index is 0.249. The van der Waals surface area contributed by atoms with Crippen LogP contribution in [0.5, 0.6) is 0 Å². The van der Waals surface area contributed by atoms with E-state index in [9.17, 15) is 0 Å². The third-order valence-corrected chi connectivity index (χ3v) is 4.06. The Morgan fingerprint density at radius 1 is 0.905 bits per heavy atom. The maximum atomic E-state index is 6.01. The second-order valence-corrected chi connectivity index (χ2v) is 5.66. The number of hydrogen-bond acceptors (Lipinski definition) is 2. The number of nitrogens with zero attached hydrogens (tertiary/aromatic N) is 1. The molecule has 1 aliphatic heterocycles. The summed E-state index contributed by atoms with van der Waals surface area (Å²) in [5, 5.41) is 0. The highest BCUT2D eigenvalue weighted by Gasteiger charge is 2.22. The lowest BCUT2D eigenvalue weighted by Crippen LogP contribution is -2.42. The summed E-state index contributed by atoms with van der Waals surface area (Å²) in [5.74, 6) is 0. The summed E-state index contributed by atoms with van der Waals surface area (Å²) < 4.78 is 6.01. The number of aryl methyl sites for hydroxylation is 1. The lowest BCUT2D eigenvalue weighted by molar-refractivity contribution is -0.103. The molecule has 0 spiro atoms. The van der Waals surface area contributed by atoms with E-state index < -0.39 is 0 Å². The lowest BCUT2D eigenvalue weighted by atomic mass is 10.1. The minimum Gasteiger partial charge on any atom is -0.363 e. The quantitative estimate of drug-likeness (QED) is 0.825. The third kappa shape index (κ3) is 4.16. The van der Waals surface area contributed by atoms with Gasteiger partial charge in [-0.25, -0.2) is 0 Å². The van der Waals surface area contributed by atoms with Crippen LogP contribution < -0.4 is 0 Å². The van der Waals surface area contributed by atoms with E-state index in [0.29, 0.717) is 0 Å². The van der Waals surface area contributed by atoms with Crippen LogP contribution in [0.15, 0.2) is 60.7 Å². The molecule has 0 N–H and O–H groups in total. The van der Waals surface area contributed by atoms with E-state index >= 15 is 0 Å². The second-order valence-electron chi connectivity index (χ2n) is 5.66. The molecule has 0 aliphatic carbocycles. The summed E-state index contributed by atoms with van der Waals surface area (Å²) >= 11 is 0. The van der Waals surface area contributed by atoms with Crippen molar-refractivity contribution < 1.29 is 4.74 Å². The van der Waals surface area contributed by atoms with Gasteiger partial charge in [-0.05, 0) is 30.4 Å². The first kappa shape index (κ1) is 14.3. The summed E-state index contributed by atoms with van der Waals surface area (Å²) in [4.78, 5) is 2.47. The van der Waals surface area contributed by atoms with Gasteiger partial charge in [-0.15, -0.1) is 0 Å². The Kier molecular flexibility index (Phi) is 5.03. The number of rotatable bonds is 5. The van der Waals surface area contributed by atoms with E-state index in [2.05, 4.69) is 65.6 Å². The number of ether oxygens (including phenoxy) is 1. The zero-order valence-electron chi connectivity index (χ0n) is 12.4. The maximum absolute atomic E-state index is 6.01. The van der Waals surface area contributed by atoms with Gasteiger partial charge in [0.05, 0.1) is 0 Å². The fourth-order valence-corrected chi connectivity index (χ4v) is 2.94. The molecule has 0 amide bonds. The molecule has 0 bridgehead atoms. The van der Waals surface area contributed by atoms with Crippen molar-refractivity contribution in [3.05, 3.63) is 71.8 Å². The zero-order chi connectivity index (χ0) is 14.3. The van der Waals surface area contributed by atoms with Crippen molar-refractivity contribution >= 4 is 0 Å². The first-order chi connectivity index (χ1) is 10.4. The van der Waals surface area contributed by atoms with Gasteiger partial charge in [0.2, 0.25) is 0 Å². The summed E-state index contributed by atoms with van der Waals surface area (Å²) in [6.07, 6.45) is 3.53. The van der Waals surface area contributed by atoms with Crippen LogP contribution in [0.1, 0.15) is 24.0 Å². The van der Waals surface area contributed by atoms with Gasteiger partial charge >= 0.3 is 0 Å². The number of hydrogen-bond donors (Lipinski definition) is 0. The molecular formula is C19H23NO. The molecule has 2 aromatic carbocycles. The van der Waals surface area contributed by atoms with Crippen LogP contribution in [0.2, 0.25) is 0 Å². The van der Waals surface area contributed by atoms with Gasteiger partial charge in [0.25, 0.3) is 0 Å². The average molecular weight is 281 g/mol. The molecule has 0 saturated carbocycles. The van der Waals surface area contributed by atoms with E-state index in [-0.39, 0.29) is 6.23 Å². The lowest BCUT2D eigenvalue weighted by Gasteiger charge is -2.35. The molecular weight excluding hydrogens is 258 g/mol. The molecule has 1 saturated heterocycles. The Morgan fingerprint density at radius 2 is 1.57 bits per heavy atom. The predicted octanol–water partition coefficient (Wildman–Crippen LogP) is 3.87. The van der Waals surface area contributed by atoms with Crippen LogP contribution in [0.3, 0.4) is 0 Å². The third-order valence-electron chi connectivity index (χ3n) is 4.06. The Bertz CT molecular complexity index is 526. The topological polar surface area (TPSA) is 12.5 Å². The Morgan fingerprint density at radius 3 is 2.29 bits per heavy atom. The Hall–Kier alpha value is -1.64. The largest absolute Gasteiger partial charge is 0.363 e. The van der Waals surface area contributed by atoms with Gasteiger partial charge in [-0.1, -0.05) is 60.7 Å². The molecule has 1 heterocycles. The zero-order valence-corrected chi connectivity index (χ0v) is 12.4. The Labute approximate surface area is 127 Å². The van der Waals surface area contributed by atoms with Gasteiger partial charge in [0.1, 0.15) is 6.23 Å².